The molecule has 0 aliphatic rings. The van der Waals surface area contributed by atoms with Crippen LogP contribution in [0.15, 0.2) is 79.1 Å². The number of halogens is 3. The number of alkyl halides is 3. The third-order valence-electron chi connectivity index (χ3n) is 6.71. The number of ketones is 1. The molecule has 9 heteroatoms. The molecule has 0 bridgehead atoms. The summed E-state index contributed by atoms with van der Waals surface area (Å²) in [6.45, 7) is 2.12. The molecule has 0 unspecified atom stereocenters. The van der Waals surface area contributed by atoms with E-state index in [2.05, 4.69) is 39.9 Å². The van der Waals surface area contributed by atoms with E-state index in [1.54, 1.807) is 0 Å². The van der Waals surface area contributed by atoms with Gasteiger partial charge >= 0.3 is 6.36 Å². The van der Waals surface area contributed by atoms with E-state index in [-0.39, 0.29) is 11.5 Å². The van der Waals surface area contributed by atoms with E-state index < -0.39 is 6.36 Å². The molecule has 0 saturated carbocycles. The number of Topliss-reactive ketones (excluding diaryl/α,β-unsaturated/α-hetero) is 1. The SMILES string of the molecule is CCc1ccccc1CC(=S)CC(=O)CCCCCc1cccc(-c2ncn(-c3ccc(OC(F)(F)F)cc3)n2)c1. The molecular weight excluding hydrogens is 547 g/mol. The van der Waals surface area contributed by atoms with Crippen LogP contribution in [0, 0.1) is 0 Å². The molecule has 0 aliphatic heterocycles. The zero-order valence-electron chi connectivity index (χ0n) is 22.9. The first-order chi connectivity index (χ1) is 19.7. The highest BCUT2D eigenvalue weighted by Gasteiger charge is 2.31. The van der Waals surface area contributed by atoms with Crippen molar-refractivity contribution < 1.29 is 22.7 Å². The minimum absolute atomic E-state index is 0.204. The second-order valence-electron chi connectivity index (χ2n) is 9.87. The monoisotopic (exact) mass is 579 g/mol. The van der Waals surface area contributed by atoms with Gasteiger partial charge in [-0.15, -0.1) is 18.3 Å². The molecule has 4 rings (SSSR count). The highest BCUT2D eigenvalue weighted by molar-refractivity contribution is 7.80. The normalized spacial score (nSPS) is 11.4. The molecule has 4 aromatic rings. The Kier molecular flexibility index (Phi) is 10.4. The zero-order chi connectivity index (χ0) is 29.2. The maximum atomic E-state index is 12.5. The Morgan fingerprint density at radius 1 is 0.951 bits per heavy atom. The van der Waals surface area contributed by atoms with Gasteiger partial charge in [0, 0.05) is 29.7 Å². The number of ether oxygens (including phenoxy) is 1. The molecule has 41 heavy (non-hydrogen) atoms. The Bertz CT molecular complexity index is 1470. The van der Waals surface area contributed by atoms with Gasteiger partial charge in [0.15, 0.2) is 5.82 Å². The molecule has 1 aromatic heterocycles. The Hall–Kier alpha value is -3.85. The maximum Gasteiger partial charge on any atom is 0.573 e. The Balaban J connectivity index is 1.21. The number of hydrogen-bond donors (Lipinski definition) is 0. The Morgan fingerprint density at radius 2 is 1.71 bits per heavy atom. The minimum atomic E-state index is -4.74. The maximum absolute atomic E-state index is 12.5. The third kappa shape index (κ3) is 9.35. The third-order valence-corrected chi connectivity index (χ3v) is 7.00. The molecule has 0 saturated heterocycles. The summed E-state index contributed by atoms with van der Waals surface area (Å²) >= 11 is 5.51. The van der Waals surface area contributed by atoms with Gasteiger partial charge in [-0.2, -0.15) is 0 Å². The van der Waals surface area contributed by atoms with Gasteiger partial charge in [-0.05, 0) is 72.7 Å². The minimum Gasteiger partial charge on any atom is -0.406 e. The second kappa shape index (κ2) is 14.2. The van der Waals surface area contributed by atoms with E-state index in [1.165, 1.54) is 46.4 Å². The summed E-state index contributed by atoms with van der Waals surface area (Å²) in [4.78, 5) is 17.6. The van der Waals surface area contributed by atoms with Crippen molar-refractivity contribution in [3.8, 4) is 22.8 Å². The van der Waals surface area contributed by atoms with E-state index in [9.17, 15) is 18.0 Å². The molecule has 3 aromatic carbocycles. The molecule has 0 aliphatic carbocycles. The Morgan fingerprint density at radius 3 is 2.44 bits per heavy atom. The average molecular weight is 580 g/mol. The highest BCUT2D eigenvalue weighted by atomic mass is 32.1. The van der Waals surface area contributed by atoms with Crippen LogP contribution in [0.3, 0.4) is 0 Å². The van der Waals surface area contributed by atoms with E-state index in [0.717, 1.165) is 48.1 Å². The largest absolute Gasteiger partial charge is 0.573 e. The van der Waals surface area contributed by atoms with Gasteiger partial charge < -0.3 is 4.74 Å². The topological polar surface area (TPSA) is 57.0 Å². The number of carbonyl (C=O) groups excluding carboxylic acids is 1. The van der Waals surface area contributed by atoms with Crippen LogP contribution in [-0.2, 0) is 24.1 Å². The zero-order valence-corrected chi connectivity index (χ0v) is 23.7. The van der Waals surface area contributed by atoms with Gasteiger partial charge in [-0.3, -0.25) is 4.79 Å². The van der Waals surface area contributed by atoms with Crippen LogP contribution in [0.4, 0.5) is 13.2 Å². The number of hydrogen-bond acceptors (Lipinski definition) is 5. The van der Waals surface area contributed by atoms with E-state index in [1.807, 2.05) is 30.3 Å². The first-order valence-corrected chi connectivity index (χ1v) is 14.1. The summed E-state index contributed by atoms with van der Waals surface area (Å²) in [6, 6.07) is 21.7. The molecule has 0 atom stereocenters. The smallest absolute Gasteiger partial charge is 0.406 e. The number of benzene rings is 3. The summed E-state index contributed by atoms with van der Waals surface area (Å²) < 4.78 is 42.6. The predicted octanol–water partition coefficient (Wildman–Crippen LogP) is 8.07. The molecule has 0 N–H and O–H groups in total. The number of aromatic nitrogens is 3. The molecule has 214 valence electrons. The van der Waals surface area contributed by atoms with Gasteiger partial charge in [0.25, 0.3) is 0 Å². The van der Waals surface area contributed by atoms with Crippen LogP contribution < -0.4 is 4.74 Å². The van der Waals surface area contributed by atoms with Crippen molar-refractivity contribution in [1.82, 2.24) is 14.8 Å². The number of nitrogens with zero attached hydrogens (tertiary/aromatic N) is 3. The van der Waals surface area contributed by atoms with Gasteiger partial charge in [0.05, 0.1) is 5.69 Å². The van der Waals surface area contributed by atoms with Gasteiger partial charge in [0.2, 0.25) is 0 Å². The number of aryl methyl sites for hydroxylation is 2. The first-order valence-electron chi connectivity index (χ1n) is 13.7. The molecule has 1 heterocycles. The van der Waals surface area contributed by atoms with E-state index in [4.69, 9.17) is 12.2 Å². The lowest BCUT2D eigenvalue weighted by Gasteiger charge is -2.09. The summed E-state index contributed by atoms with van der Waals surface area (Å²) in [5, 5.41) is 4.48. The standard InChI is InChI=1S/C32H32F3N3O2S/c1-2-24-11-6-7-12-25(24)20-30(41)21-28(39)14-5-3-4-9-23-10-8-13-26(19-23)31-36-22-38(37-31)27-15-17-29(18-16-27)40-32(33,34)35/h6-8,10-13,15-19,22H,2-5,9,14,20-21H2,1H3. The van der Waals surface area contributed by atoms with Gasteiger partial charge in [-0.25, -0.2) is 9.67 Å². The van der Waals surface area contributed by atoms with Crippen LogP contribution in [0.1, 0.15) is 55.7 Å². The number of unbranched alkanes of at least 4 members (excludes halogenated alkanes) is 2. The fourth-order valence-corrected chi connectivity index (χ4v) is 4.99. The highest BCUT2D eigenvalue weighted by Crippen LogP contribution is 2.24. The fraction of sp³-hybridized carbons (Fsp3) is 0.312. The summed E-state index contributed by atoms with van der Waals surface area (Å²) in [5.74, 6) is 0.427. The lowest BCUT2D eigenvalue weighted by Crippen LogP contribution is -2.17. The number of carbonyl (C=O) groups is 1. The van der Waals surface area contributed by atoms with Crippen molar-refractivity contribution >= 4 is 22.9 Å². The van der Waals surface area contributed by atoms with Crippen LogP contribution in [0.25, 0.3) is 17.1 Å². The number of thiocarbonyl (C=S) groups is 1. The summed E-state index contributed by atoms with van der Waals surface area (Å²) in [5.41, 5.74) is 5.06. The van der Waals surface area contributed by atoms with Crippen molar-refractivity contribution in [3.05, 3.63) is 95.8 Å². The molecule has 0 spiro atoms. The summed E-state index contributed by atoms with van der Waals surface area (Å²) in [6.07, 6.45) is 2.94. The molecule has 0 fully saturated rings. The van der Waals surface area contributed by atoms with Crippen molar-refractivity contribution in [1.29, 1.82) is 0 Å². The van der Waals surface area contributed by atoms with Crippen LogP contribution in [0.2, 0.25) is 0 Å². The van der Waals surface area contributed by atoms with Crippen LogP contribution >= 0.6 is 12.2 Å². The van der Waals surface area contributed by atoms with Crippen molar-refractivity contribution in [2.75, 3.05) is 0 Å². The van der Waals surface area contributed by atoms with E-state index in [0.29, 0.717) is 30.8 Å². The lowest BCUT2D eigenvalue weighted by molar-refractivity contribution is -0.274. The number of rotatable bonds is 14. The average Bonchev–Trinajstić information content (AvgIpc) is 3.43. The van der Waals surface area contributed by atoms with Gasteiger partial charge in [0.1, 0.15) is 17.9 Å². The van der Waals surface area contributed by atoms with Crippen LogP contribution in [0.5, 0.6) is 5.75 Å². The van der Waals surface area contributed by atoms with Crippen LogP contribution in [-0.4, -0.2) is 31.8 Å². The predicted molar refractivity (Wildman–Crippen MR) is 157 cm³/mol. The first kappa shape index (κ1) is 30.1. The fourth-order valence-electron chi connectivity index (χ4n) is 4.67. The van der Waals surface area contributed by atoms with Crippen molar-refractivity contribution in [2.45, 2.75) is 64.7 Å². The second-order valence-corrected chi connectivity index (χ2v) is 10.4. The van der Waals surface area contributed by atoms with Crippen molar-refractivity contribution in [3.63, 3.8) is 0 Å². The molecule has 5 nitrogen and oxygen atoms in total. The Labute approximate surface area is 243 Å². The lowest BCUT2D eigenvalue weighted by atomic mass is 9.98. The van der Waals surface area contributed by atoms with Gasteiger partial charge in [-0.1, -0.05) is 68.0 Å². The molecular formula is C32H32F3N3O2S. The van der Waals surface area contributed by atoms with Crippen molar-refractivity contribution in [2.24, 2.45) is 0 Å². The summed E-state index contributed by atoms with van der Waals surface area (Å²) in [7, 11) is 0. The molecule has 0 radical (unpaired) electrons. The van der Waals surface area contributed by atoms with E-state index >= 15 is 0 Å². The molecule has 0 amide bonds. The quantitative estimate of drug-likeness (QED) is 0.112.